The first-order chi connectivity index (χ1) is 10.1. The fourth-order valence-electron chi connectivity index (χ4n) is 3.78. The van der Waals surface area contributed by atoms with Gasteiger partial charge in [0.05, 0.1) is 0 Å². The number of benzene rings is 1. The van der Waals surface area contributed by atoms with Crippen molar-refractivity contribution in [3.63, 3.8) is 0 Å². The molecule has 0 radical (unpaired) electrons. The number of aryl methyl sites for hydroxylation is 2. The summed E-state index contributed by atoms with van der Waals surface area (Å²) in [6.07, 6.45) is 4.90. The van der Waals surface area contributed by atoms with Gasteiger partial charge in [0.2, 0.25) is 0 Å². The van der Waals surface area contributed by atoms with Crippen LogP contribution in [0.4, 0.5) is 0 Å². The van der Waals surface area contributed by atoms with Crippen LogP contribution in [0.25, 0.3) is 0 Å². The fourth-order valence-corrected chi connectivity index (χ4v) is 3.78. The molecule has 1 aromatic carbocycles. The minimum Gasteiger partial charge on any atom is -0.339 e. The van der Waals surface area contributed by atoms with Crippen LogP contribution in [0.3, 0.4) is 0 Å². The van der Waals surface area contributed by atoms with Gasteiger partial charge in [-0.1, -0.05) is 17.7 Å². The van der Waals surface area contributed by atoms with Crippen LogP contribution >= 0.6 is 12.4 Å². The van der Waals surface area contributed by atoms with Gasteiger partial charge in [-0.15, -0.1) is 12.4 Å². The van der Waals surface area contributed by atoms with E-state index < -0.39 is 0 Å². The highest BCUT2D eigenvalue weighted by molar-refractivity contribution is 5.95. The highest BCUT2D eigenvalue weighted by atomic mass is 35.5. The van der Waals surface area contributed by atoms with Gasteiger partial charge in [0.15, 0.2) is 0 Å². The van der Waals surface area contributed by atoms with Gasteiger partial charge >= 0.3 is 0 Å². The average Bonchev–Trinajstić information content (AvgIpc) is 2.51. The lowest BCUT2D eigenvalue weighted by Gasteiger charge is -2.44. The van der Waals surface area contributed by atoms with Gasteiger partial charge in [-0.25, -0.2) is 0 Å². The Morgan fingerprint density at radius 3 is 2.36 bits per heavy atom. The van der Waals surface area contributed by atoms with Crippen LogP contribution in [-0.4, -0.2) is 37.0 Å². The lowest BCUT2D eigenvalue weighted by molar-refractivity contribution is 0.0495. The molecule has 4 heteroatoms. The van der Waals surface area contributed by atoms with Crippen molar-refractivity contribution in [3.05, 3.63) is 34.9 Å². The zero-order valence-corrected chi connectivity index (χ0v) is 14.5. The van der Waals surface area contributed by atoms with E-state index >= 15 is 0 Å². The Morgan fingerprint density at radius 2 is 1.73 bits per heavy atom. The number of hydrogen-bond donors (Lipinski definition) is 1. The van der Waals surface area contributed by atoms with Crippen molar-refractivity contribution in [2.75, 3.05) is 26.2 Å². The molecule has 0 atom stereocenters. The number of nitrogens with one attached hydrogen (secondary N) is 1. The molecule has 0 saturated carbocycles. The second-order valence-electron chi connectivity index (χ2n) is 6.86. The zero-order valence-electron chi connectivity index (χ0n) is 13.7. The van der Waals surface area contributed by atoms with E-state index in [4.69, 9.17) is 0 Å². The highest BCUT2D eigenvalue weighted by Crippen LogP contribution is 2.39. The largest absolute Gasteiger partial charge is 0.339 e. The number of hydrogen-bond acceptors (Lipinski definition) is 2. The van der Waals surface area contributed by atoms with Crippen molar-refractivity contribution in [2.24, 2.45) is 5.41 Å². The van der Waals surface area contributed by atoms with Crippen molar-refractivity contribution in [1.29, 1.82) is 0 Å². The Hall–Kier alpha value is -1.06. The lowest BCUT2D eigenvalue weighted by Crippen LogP contribution is -2.47. The lowest BCUT2D eigenvalue weighted by atomic mass is 9.71. The van der Waals surface area contributed by atoms with Gasteiger partial charge < -0.3 is 10.2 Å². The monoisotopic (exact) mass is 322 g/mol. The van der Waals surface area contributed by atoms with E-state index in [0.717, 1.165) is 42.9 Å². The summed E-state index contributed by atoms with van der Waals surface area (Å²) in [5, 5.41) is 3.45. The van der Waals surface area contributed by atoms with E-state index in [1.54, 1.807) is 0 Å². The minimum absolute atomic E-state index is 0. The summed E-state index contributed by atoms with van der Waals surface area (Å²) in [5.74, 6) is 0.222. The Bertz CT molecular complexity index is 528. The van der Waals surface area contributed by atoms with Gasteiger partial charge in [0, 0.05) is 18.7 Å². The maximum Gasteiger partial charge on any atom is 0.254 e. The highest BCUT2D eigenvalue weighted by Gasteiger charge is 2.36. The van der Waals surface area contributed by atoms with Gasteiger partial charge in [0.25, 0.3) is 5.91 Å². The van der Waals surface area contributed by atoms with Crippen LogP contribution in [0, 0.1) is 19.3 Å². The van der Waals surface area contributed by atoms with Gasteiger partial charge in [-0.05, 0) is 69.7 Å². The van der Waals surface area contributed by atoms with Crippen LogP contribution in [0.1, 0.15) is 47.2 Å². The van der Waals surface area contributed by atoms with E-state index in [-0.39, 0.29) is 18.3 Å². The Kier molecular flexibility index (Phi) is 5.51. The molecule has 0 unspecified atom stereocenters. The van der Waals surface area contributed by atoms with Crippen molar-refractivity contribution >= 4 is 18.3 Å². The number of nitrogens with zero attached hydrogens (tertiary/aromatic N) is 1. The summed E-state index contributed by atoms with van der Waals surface area (Å²) in [4.78, 5) is 14.8. The summed E-state index contributed by atoms with van der Waals surface area (Å²) in [7, 11) is 0. The molecule has 3 rings (SSSR count). The summed E-state index contributed by atoms with van der Waals surface area (Å²) in [5.41, 5.74) is 3.64. The first kappa shape index (κ1) is 17.3. The van der Waals surface area contributed by atoms with Gasteiger partial charge in [-0.3, -0.25) is 4.79 Å². The molecule has 0 aliphatic carbocycles. The van der Waals surface area contributed by atoms with Gasteiger partial charge in [-0.2, -0.15) is 0 Å². The van der Waals surface area contributed by atoms with Crippen molar-refractivity contribution in [3.8, 4) is 0 Å². The summed E-state index contributed by atoms with van der Waals surface area (Å²) in [6, 6.07) is 6.17. The first-order valence-corrected chi connectivity index (χ1v) is 8.17. The van der Waals surface area contributed by atoms with Gasteiger partial charge in [0.1, 0.15) is 0 Å². The van der Waals surface area contributed by atoms with Crippen molar-refractivity contribution < 1.29 is 4.79 Å². The zero-order chi connectivity index (χ0) is 14.9. The van der Waals surface area contributed by atoms with E-state index in [0.29, 0.717) is 5.41 Å². The maximum absolute atomic E-state index is 12.8. The molecule has 2 fully saturated rings. The number of amides is 1. The van der Waals surface area contributed by atoms with E-state index in [1.807, 2.05) is 13.0 Å². The third-order valence-corrected chi connectivity index (χ3v) is 5.40. The molecule has 1 amide bonds. The number of carbonyl (C=O) groups excluding carboxylic acids is 1. The second-order valence-corrected chi connectivity index (χ2v) is 6.86. The molecule has 1 spiro atoms. The van der Waals surface area contributed by atoms with Crippen LogP contribution in [0.15, 0.2) is 18.2 Å². The van der Waals surface area contributed by atoms with E-state index in [9.17, 15) is 4.79 Å². The molecular formula is C18H27ClN2O. The molecule has 3 nitrogen and oxygen atoms in total. The number of rotatable bonds is 1. The molecule has 122 valence electrons. The third kappa shape index (κ3) is 3.47. The Labute approximate surface area is 139 Å². The van der Waals surface area contributed by atoms with Crippen LogP contribution in [0.2, 0.25) is 0 Å². The van der Waals surface area contributed by atoms with Crippen LogP contribution in [0.5, 0.6) is 0 Å². The van der Waals surface area contributed by atoms with Crippen molar-refractivity contribution in [2.45, 2.75) is 39.5 Å². The molecule has 2 aliphatic rings. The summed E-state index contributed by atoms with van der Waals surface area (Å²) < 4.78 is 0. The summed E-state index contributed by atoms with van der Waals surface area (Å²) >= 11 is 0. The first-order valence-electron chi connectivity index (χ1n) is 8.17. The standard InChI is InChI=1S/C18H26N2O.ClH/c1-14-3-4-15(2)16(13-14)17(21)20-11-7-18(8-12-20)5-9-19-10-6-18;/h3-4,13,19H,5-12H2,1-2H3;1H. The smallest absolute Gasteiger partial charge is 0.254 e. The normalized spacial score (nSPS) is 20.5. The molecule has 1 N–H and O–H groups in total. The predicted molar refractivity (Wildman–Crippen MR) is 92.8 cm³/mol. The maximum atomic E-state index is 12.8. The molecule has 22 heavy (non-hydrogen) atoms. The topological polar surface area (TPSA) is 32.3 Å². The molecule has 1 aromatic rings. The minimum atomic E-state index is 0. The number of halogens is 1. The SMILES string of the molecule is Cc1ccc(C)c(C(=O)N2CCC3(CCNCC3)CC2)c1.Cl. The van der Waals surface area contributed by atoms with Crippen LogP contribution in [-0.2, 0) is 0 Å². The Balaban J connectivity index is 0.00000176. The second kappa shape index (κ2) is 7.01. The van der Waals surface area contributed by atoms with E-state index in [1.165, 1.54) is 25.7 Å². The van der Waals surface area contributed by atoms with Crippen LogP contribution < -0.4 is 5.32 Å². The molecule has 2 heterocycles. The number of carbonyl (C=O) groups is 1. The molecule has 2 saturated heterocycles. The number of piperidine rings is 2. The van der Waals surface area contributed by atoms with E-state index in [2.05, 4.69) is 29.3 Å². The quantitative estimate of drug-likeness (QED) is 0.860. The predicted octanol–water partition coefficient (Wildman–Crippen LogP) is 3.33. The fraction of sp³-hybridized carbons (Fsp3) is 0.611. The average molecular weight is 323 g/mol. The molecular weight excluding hydrogens is 296 g/mol. The summed E-state index contributed by atoms with van der Waals surface area (Å²) in [6.45, 7) is 8.22. The molecule has 0 aromatic heterocycles. The number of likely N-dealkylation sites (tertiary alicyclic amines) is 1. The Morgan fingerprint density at radius 1 is 1.09 bits per heavy atom. The molecule has 0 bridgehead atoms. The third-order valence-electron chi connectivity index (χ3n) is 5.40. The van der Waals surface area contributed by atoms with Crippen molar-refractivity contribution in [1.82, 2.24) is 10.2 Å². The molecule has 2 aliphatic heterocycles.